The number of hydrogen-bond donors (Lipinski definition) is 3. The third-order valence-corrected chi connectivity index (χ3v) is 2.43. The Morgan fingerprint density at radius 3 is 2.68 bits per heavy atom. The van der Waals surface area contributed by atoms with Crippen molar-refractivity contribution < 1.29 is 9.72 Å². The maximum atomic E-state index is 10.7. The van der Waals surface area contributed by atoms with E-state index in [9.17, 15) is 14.9 Å². The molecule has 0 fully saturated rings. The second-order valence-electron chi connectivity index (χ2n) is 3.95. The summed E-state index contributed by atoms with van der Waals surface area (Å²) in [4.78, 5) is 25.0. The zero-order valence-corrected chi connectivity index (χ0v) is 10.7. The van der Waals surface area contributed by atoms with Gasteiger partial charge >= 0.3 is 0 Å². The van der Waals surface area contributed by atoms with Crippen molar-refractivity contribution in [3.8, 4) is 0 Å². The Hall–Kier alpha value is -2.38. The largest absolute Gasteiger partial charge is 0.373 e. The summed E-state index contributed by atoms with van der Waals surface area (Å²) in [6.45, 7) is 0.574. The molecule has 1 aromatic heterocycles. The van der Waals surface area contributed by atoms with Crippen LogP contribution < -0.4 is 16.4 Å². The third kappa shape index (κ3) is 5.19. The molecule has 1 heterocycles. The smallest absolute Gasteiger partial charge is 0.276 e. The predicted octanol–water partition coefficient (Wildman–Crippen LogP) is 1.10. The Balaban J connectivity index is 2.55. The van der Waals surface area contributed by atoms with Crippen LogP contribution in [0.5, 0.6) is 0 Å². The lowest BCUT2D eigenvalue weighted by Crippen LogP contribution is -2.11. The number of carbonyl (C=O) groups excluding carboxylic acids is 1. The Labute approximate surface area is 110 Å². The molecule has 0 saturated carbocycles. The number of nitrogens with two attached hydrogens (primary N) is 1. The highest BCUT2D eigenvalue weighted by Crippen LogP contribution is 2.20. The van der Waals surface area contributed by atoms with Gasteiger partial charge in [-0.25, -0.2) is 4.98 Å². The first-order valence-corrected chi connectivity index (χ1v) is 5.89. The topological polar surface area (TPSA) is 123 Å². The average Bonchev–Trinajstić information content (AvgIpc) is 2.37. The summed E-state index contributed by atoms with van der Waals surface area (Å²) in [5.74, 6) is 0.525. The number of anilines is 2. The standard InChI is InChI=1S/C11H17N5O3/c1-13-10-6-8(16(18)19)7-11(15-10)14-5-3-2-4-9(12)17/h6-7H,2-5H2,1H3,(H2,12,17)(H2,13,14,15). The lowest BCUT2D eigenvalue weighted by molar-refractivity contribution is -0.384. The van der Waals surface area contributed by atoms with Gasteiger partial charge in [0.15, 0.2) is 0 Å². The molecule has 0 radical (unpaired) electrons. The first-order chi connectivity index (χ1) is 9.02. The summed E-state index contributed by atoms with van der Waals surface area (Å²) in [7, 11) is 1.64. The van der Waals surface area contributed by atoms with Gasteiger partial charge in [0.1, 0.15) is 11.6 Å². The molecule has 19 heavy (non-hydrogen) atoms. The van der Waals surface area contributed by atoms with Gasteiger partial charge in [0.2, 0.25) is 5.91 Å². The van der Waals surface area contributed by atoms with Crippen LogP contribution in [0.2, 0.25) is 0 Å². The van der Waals surface area contributed by atoms with Crippen molar-refractivity contribution in [2.75, 3.05) is 24.2 Å². The highest BCUT2D eigenvalue weighted by atomic mass is 16.6. The van der Waals surface area contributed by atoms with Crippen LogP contribution in [0.25, 0.3) is 0 Å². The number of pyridine rings is 1. The Kier molecular flexibility index (Phi) is 5.52. The summed E-state index contributed by atoms with van der Waals surface area (Å²) < 4.78 is 0. The molecule has 0 bridgehead atoms. The summed E-state index contributed by atoms with van der Waals surface area (Å²) in [5, 5.41) is 16.5. The summed E-state index contributed by atoms with van der Waals surface area (Å²) in [6.07, 6.45) is 1.75. The van der Waals surface area contributed by atoms with Gasteiger partial charge in [-0.3, -0.25) is 14.9 Å². The molecule has 0 saturated heterocycles. The molecular formula is C11H17N5O3. The van der Waals surface area contributed by atoms with E-state index in [2.05, 4.69) is 15.6 Å². The molecule has 1 aromatic rings. The lowest BCUT2D eigenvalue weighted by Gasteiger charge is -2.07. The Morgan fingerprint density at radius 1 is 1.42 bits per heavy atom. The van der Waals surface area contributed by atoms with Crippen molar-refractivity contribution in [1.29, 1.82) is 0 Å². The van der Waals surface area contributed by atoms with Crippen LogP contribution in [0.1, 0.15) is 19.3 Å². The van der Waals surface area contributed by atoms with E-state index in [1.165, 1.54) is 12.1 Å². The zero-order chi connectivity index (χ0) is 14.3. The van der Waals surface area contributed by atoms with Crippen molar-refractivity contribution in [2.24, 2.45) is 5.73 Å². The number of nitrogens with one attached hydrogen (secondary N) is 2. The number of amides is 1. The average molecular weight is 267 g/mol. The first-order valence-electron chi connectivity index (χ1n) is 5.89. The van der Waals surface area contributed by atoms with E-state index in [1.807, 2.05) is 0 Å². The number of nitrogens with zero attached hydrogens (tertiary/aromatic N) is 2. The Bertz CT molecular complexity index is 464. The van der Waals surface area contributed by atoms with Gasteiger partial charge in [0, 0.05) is 20.0 Å². The Morgan fingerprint density at radius 2 is 2.11 bits per heavy atom. The van der Waals surface area contributed by atoms with E-state index in [0.29, 0.717) is 31.0 Å². The molecule has 104 valence electrons. The summed E-state index contributed by atoms with van der Waals surface area (Å²) >= 11 is 0. The number of nitro groups is 1. The molecule has 1 rings (SSSR count). The maximum Gasteiger partial charge on any atom is 0.276 e. The van der Waals surface area contributed by atoms with Crippen molar-refractivity contribution in [3.63, 3.8) is 0 Å². The van der Waals surface area contributed by atoms with E-state index in [4.69, 9.17) is 5.73 Å². The van der Waals surface area contributed by atoms with Crippen LogP contribution in [0.3, 0.4) is 0 Å². The van der Waals surface area contributed by atoms with E-state index in [-0.39, 0.29) is 11.6 Å². The van der Waals surface area contributed by atoms with Crippen LogP contribution in [-0.2, 0) is 4.79 Å². The second kappa shape index (κ2) is 7.14. The number of carbonyl (C=O) groups is 1. The van der Waals surface area contributed by atoms with Crippen LogP contribution in [0.4, 0.5) is 17.3 Å². The molecule has 0 aliphatic rings. The summed E-state index contributed by atoms with van der Waals surface area (Å²) in [5.41, 5.74) is 4.99. The zero-order valence-electron chi connectivity index (χ0n) is 10.7. The van der Waals surface area contributed by atoms with E-state index < -0.39 is 4.92 Å². The fourth-order valence-electron chi connectivity index (χ4n) is 1.48. The number of primary amides is 1. The number of rotatable bonds is 8. The molecule has 0 spiro atoms. The third-order valence-electron chi connectivity index (χ3n) is 2.43. The quantitative estimate of drug-likeness (QED) is 0.368. The van der Waals surface area contributed by atoms with Crippen molar-refractivity contribution in [2.45, 2.75) is 19.3 Å². The highest BCUT2D eigenvalue weighted by molar-refractivity contribution is 5.73. The SMILES string of the molecule is CNc1cc([N+](=O)[O-])cc(NCCCCC(N)=O)n1. The van der Waals surface area contributed by atoms with Crippen molar-refractivity contribution in [3.05, 3.63) is 22.2 Å². The van der Waals surface area contributed by atoms with Gasteiger partial charge < -0.3 is 16.4 Å². The maximum absolute atomic E-state index is 10.7. The van der Waals surface area contributed by atoms with Gasteiger partial charge in [0.25, 0.3) is 5.69 Å². The number of hydrogen-bond acceptors (Lipinski definition) is 6. The number of aromatic nitrogens is 1. The van der Waals surface area contributed by atoms with Crippen LogP contribution in [-0.4, -0.2) is 29.4 Å². The van der Waals surface area contributed by atoms with Gasteiger partial charge in [-0.2, -0.15) is 0 Å². The van der Waals surface area contributed by atoms with Gasteiger partial charge in [0.05, 0.1) is 17.1 Å². The monoisotopic (exact) mass is 267 g/mol. The van der Waals surface area contributed by atoms with Crippen LogP contribution in [0, 0.1) is 10.1 Å². The fourth-order valence-corrected chi connectivity index (χ4v) is 1.48. The predicted molar refractivity (Wildman–Crippen MR) is 72.0 cm³/mol. The molecule has 8 nitrogen and oxygen atoms in total. The van der Waals surface area contributed by atoms with Crippen LogP contribution in [0.15, 0.2) is 12.1 Å². The molecule has 8 heteroatoms. The fraction of sp³-hybridized carbons (Fsp3) is 0.455. The van der Waals surface area contributed by atoms with E-state index >= 15 is 0 Å². The minimum absolute atomic E-state index is 0.0287. The van der Waals surface area contributed by atoms with E-state index in [0.717, 1.165) is 6.42 Å². The van der Waals surface area contributed by atoms with E-state index in [1.54, 1.807) is 7.05 Å². The molecule has 0 aliphatic carbocycles. The molecular weight excluding hydrogens is 250 g/mol. The molecule has 0 aromatic carbocycles. The minimum atomic E-state index is -0.471. The molecule has 0 atom stereocenters. The number of unbranched alkanes of at least 4 members (excludes halogenated alkanes) is 1. The van der Waals surface area contributed by atoms with Gasteiger partial charge in [-0.15, -0.1) is 0 Å². The second-order valence-corrected chi connectivity index (χ2v) is 3.95. The van der Waals surface area contributed by atoms with Gasteiger partial charge in [-0.1, -0.05) is 0 Å². The summed E-state index contributed by atoms with van der Waals surface area (Å²) in [6, 6.07) is 2.73. The minimum Gasteiger partial charge on any atom is -0.373 e. The highest BCUT2D eigenvalue weighted by Gasteiger charge is 2.10. The molecule has 0 unspecified atom stereocenters. The molecule has 4 N–H and O–H groups in total. The van der Waals surface area contributed by atoms with Crippen molar-refractivity contribution >= 4 is 23.2 Å². The van der Waals surface area contributed by atoms with Crippen LogP contribution >= 0.6 is 0 Å². The molecule has 1 amide bonds. The normalized spacial score (nSPS) is 9.95. The van der Waals surface area contributed by atoms with Gasteiger partial charge in [-0.05, 0) is 12.8 Å². The lowest BCUT2D eigenvalue weighted by atomic mass is 10.2. The first kappa shape index (κ1) is 14.7. The van der Waals surface area contributed by atoms with Crippen molar-refractivity contribution in [1.82, 2.24) is 4.98 Å². The molecule has 0 aliphatic heterocycles.